The van der Waals surface area contributed by atoms with Crippen molar-refractivity contribution in [3.8, 4) is 11.5 Å². The van der Waals surface area contributed by atoms with Crippen molar-refractivity contribution in [1.29, 1.82) is 0 Å². The fourth-order valence-corrected chi connectivity index (χ4v) is 2.65. The lowest BCUT2D eigenvalue weighted by molar-refractivity contribution is 0.283. The molecule has 0 bridgehead atoms. The highest BCUT2D eigenvalue weighted by atomic mass is 35.5. The maximum atomic E-state index is 6.41. The van der Waals surface area contributed by atoms with Crippen LogP contribution in [0.3, 0.4) is 0 Å². The van der Waals surface area contributed by atoms with Crippen LogP contribution in [0.2, 0.25) is 5.02 Å². The first kappa shape index (κ1) is 17.4. The minimum atomic E-state index is 0. The molecule has 2 rings (SSSR count). The second kappa shape index (κ2) is 8.57. The second-order valence-electron chi connectivity index (χ2n) is 4.65. The number of benzene rings is 1. The Hall–Kier alpha value is -0.680. The number of hydrogen-bond donors (Lipinski definition) is 1. The van der Waals surface area contributed by atoms with E-state index in [1.807, 2.05) is 12.1 Å². The molecule has 114 valence electrons. The summed E-state index contributed by atoms with van der Waals surface area (Å²) >= 11 is 6.41. The minimum Gasteiger partial charge on any atom is -0.493 e. The van der Waals surface area contributed by atoms with E-state index in [-0.39, 0.29) is 12.4 Å². The van der Waals surface area contributed by atoms with Gasteiger partial charge < -0.3 is 14.8 Å². The maximum absolute atomic E-state index is 6.41. The van der Waals surface area contributed by atoms with E-state index >= 15 is 0 Å². The summed E-state index contributed by atoms with van der Waals surface area (Å²) in [6.07, 6.45) is 1.17. The number of halogens is 2. The van der Waals surface area contributed by atoms with Crippen molar-refractivity contribution in [2.24, 2.45) is 0 Å². The zero-order chi connectivity index (χ0) is 13.7. The maximum Gasteiger partial charge on any atom is 0.179 e. The van der Waals surface area contributed by atoms with Gasteiger partial charge in [0.2, 0.25) is 0 Å². The molecule has 0 saturated carbocycles. The smallest absolute Gasteiger partial charge is 0.179 e. The Balaban J connectivity index is 0.00000200. The molecule has 0 unspecified atom stereocenters. The largest absolute Gasteiger partial charge is 0.493 e. The van der Waals surface area contributed by atoms with E-state index in [9.17, 15) is 0 Å². The third-order valence-corrected chi connectivity index (χ3v) is 3.81. The van der Waals surface area contributed by atoms with E-state index in [0.29, 0.717) is 16.5 Å². The Kier molecular flexibility index (Phi) is 7.45. The standard InChI is InChI=1S/C14H21ClN2O2.ClH/c1-18-12-5-4-11(13(15)14(12)19-2)10-17-8-3-6-16-7-9-17;/h4-5,16H,3,6-10H2,1-2H3;1H. The zero-order valence-electron chi connectivity index (χ0n) is 11.9. The van der Waals surface area contributed by atoms with Gasteiger partial charge in [-0.25, -0.2) is 0 Å². The Bertz CT molecular complexity index is 422. The average Bonchev–Trinajstić information content (AvgIpc) is 2.69. The fraction of sp³-hybridized carbons (Fsp3) is 0.571. The lowest BCUT2D eigenvalue weighted by Crippen LogP contribution is -2.27. The Morgan fingerprint density at radius 1 is 1.20 bits per heavy atom. The second-order valence-corrected chi connectivity index (χ2v) is 5.03. The molecule has 1 aliphatic rings. The highest BCUT2D eigenvalue weighted by Gasteiger charge is 2.16. The van der Waals surface area contributed by atoms with Crippen LogP contribution in [0.25, 0.3) is 0 Å². The van der Waals surface area contributed by atoms with E-state index in [4.69, 9.17) is 21.1 Å². The number of ether oxygens (including phenoxy) is 2. The van der Waals surface area contributed by atoms with Crippen molar-refractivity contribution >= 4 is 24.0 Å². The Morgan fingerprint density at radius 2 is 2.00 bits per heavy atom. The van der Waals surface area contributed by atoms with Gasteiger partial charge in [0, 0.05) is 19.6 Å². The van der Waals surface area contributed by atoms with Gasteiger partial charge in [0.1, 0.15) is 0 Å². The van der Waals surface area contributed by atoms with Crippen LogP contribution in [0.1, 0.15) is 12.0 Å². The molecule has 1 heterocycles. The number of nitrogens with one attached hydrogen (secondary N) is 1. The summed E-state index contributed by atoms with van der Waals surface area (Å²) in [5.74, 6) is 1.29. The predicted molar refractivity (Wildman–Crippen MR) is 84.6 cm³/mol. The molecule has 1 N–H and O–H groups in total. The number of nitrogens with zero attached hydrogens (tertiary/aromatic N) is 1. The number of rotatable bonds is 4. The van der Waals surface area contributed by atoms with Gasteiger partial charge in [-0.1, -0.05) is 17.7 Å². The van der Waals surface area contributed by atoms with Crippen LogP contribution < -0.4 is 14.8 Å². The van der Waals surface area contributed by atoms with E-state index in [1.54, 1.807) is 14.2 Å². The lowest BCUT2D eigenvalue weighted by Gasteiger charge is -2.21. The van der Waals surface area contributed by atoms with Crippen LogP contribution in [0.4, 0.5) is 0 Å². The summed E-state index contributed by atoms with van der Waals surface area (Å²) < 4.78 is 10.6. The van der Waals surface area contributed by atoms with Crippen molar-refractivity contribution < 1.29 is 9.47 Å². The van der Waals surface area contributed by atoms with Crippen LogP contribution in [0.5, 0.6) is 11.5 Å². The molecule has 1 aromatic rings. The molecule has 20 heavy (non-hydrogen) atoms. The first-order chi connectivity index (χ1) is 9.26. The van der Waals surface area contributed by atoms with Crippen molar-refractivity contribution in [2.75, 3.05) is 40.4 Å². The summed E-state index contributed by atoms with van der Waals surface area (Å²) in [7, 11) is 3.23. The van der Waals surface area contributed by atoms with E-state index < -0.39 is 0 Å². The van der Waals surface area contributed by atoms with Crippen LogP contribution >= 0.6 is 24.0 Å². The average molecular weight is 321 g/mol. The minimum absolute atomic E-state index is 0. The molecule has 0 amide bonds. The number of methoxy groups -OCH3 is 2. The normalized spacial score (nSPS) is 16.1. The molecule has 0 radical (unpaired) electrons. The van der Waals surface area contributed by atoms with Crippen LogP contribution in [0, 0.1) is 0 Å². The summed E-state index contributed by atoms with van der Waals surface area (Å²) in [6.45, 7) is 5.12. The van der Waals surface area contributed by atoms with E-state index in [1.165, 1.54) is 6.42 Å². The highest BCUT2D eigenvalue weighted by molar-refractivity contribution is 6.33. The Labute approximate surface area is 131 Å². The Morgan fingerprint density at radius 3 is 2.70 bits per heavy atom. The molecule has 6 heteroatoms. The molecule has 0 atom stereocenters. The summed E-state index contributed by atoms with van der Waals surface area (Å²) in [4.78, 5) is 2.41. The van der Waals surface area contributed by atoms with Gasteiger partial charge >= 0.3 is 0 Å². The third-order valence-electron chi connectivity index (χ3n) is 3.39. The lowest BCUT2D eigenvalue weighted by atomic mass is 10.1. The molecule has 1 fully saturated rings. The van der Waals surface area contributed by atoms with Gasteiger partial charge in [-0.15, -0.1) is 12.4 Å². The van der Waals surface area contributed by atoms with Gasteiger partial charge in [0.25, 0.3) is 0 Å². The van der Waals surface area contributed by atoms with Crippen LogP contribution in [0.15, 0.2) is 12.1 Å². The van der Waals surface area contributed by atoms with E-state index in [0.717, 1.165) is 38.3 Å². The summed E-state index contributed by atoms with van der Waals surface area (Å²) in [5, 5.41) is 4.05. The molecule has 0 aliphatic carbocycles. The molecule has 0 aromatic heterocycles. The SMILES string of the molecule is COc1ccc(CN2CCCNCC2)c(Cl)c1OC.Cl. The van der Waals surface area contributed by atoms with Crippen molar-refractivity contribution in [3.63, 3.8) is 0 Å². The van der Waals surface area contributed by atoms with Crippen molar-refractivity contribution in [2.45, 2.75) is 13.0 Å². The topological polar surface area (TPSA) is 33.7 Å². The fourth-order valence-electron chi connectivity index (χ4n) is 2.35. The third kappa shape index (κ3) is 4.16. The molecule has 1 aromatic carbocycles. The monoisotopic (exact) mass is 320 g/mol. The molecular formula is C14H22Cl2N2O2. The quantitative estimate of drug-likeness (QED) is 0.924. The molecule has 1 aliphatic heterocycles. The van der Waals surface area contributed by atoms with Crippen LogP contribution in [-0.4, -0.2) is 45.3 Å². The first-order valence-corrected chi connectivity index (χ1v) is 6.96. The van der Waals surface area contributed by atoms with Crippen LogP contribution in [-0.2, 0) is 6.54 Å². The van der Waals surface area contributed by atoms with E-state index in [2.05, 4.69) is 10.2 Å². The molecule has 4 nitrogen and oxygen atoms in total. The molecule has 0 spiro atoms. The predicted octanol–water partition coefficient (Wildman–Crippen LogP) is 2.57. The number of hydrogen-bond acceptors (Lipinski definition) is 4. The van der Waals surface area contributed by atoms with Gasteiger partial charge in [0.15, 0.2) is 11.5 Å². The summed E-state index contributed by atoms with van der Waals surface area (Å²) in [6, 6.07) is 3.93. The zero-order valence-corrected chi connectivity index (χ0v) is 13.5. The van der Waals surface area contributed by atoms with Crippen molar-refractivity contribution in [1.82, 2.24) is 10.2 Å². The van der Waals surface area contributed by atoms with Gasteiger partial charge in [0.05, 0.1) is 19.2 Å². The molecular weight excluding hydrogens is 299 g/mol. The highest BCUT2D eigenvalue weighted by Crippen LogP contribution is 2.37. The summed E-state index contributed by atoms with van der Waals surface area (Å²) in [5.41, 5.74) is 1.08. The van der Waals surface area contributed by atoms with Crippen molar-refractivity contribution in [3.05, 3.63) is 22.7 Å². The van der Waals surface area contributed by atoms with Gasteiger partial charge in [-0.3, -0.25) is 4.90 Å². The van der Waals surface area contributed by atoms with Gasteiger partial charge in [-0.2, -0.15) is 0 Å². The molecule has 1 saturated heterocycles. The van der Waals surface area contributed by atoms with Gasteiger partial charge in [-0.05, 0) is 31.1 Å². The first-order valence-electron chi connectivity index (χ1n) is 6.58.